The molecule has 0 atom stereocenters. The molecule has 1 radical (unpaired) electrons. The van der Waals surface area contributed by atoms with Gasteiger partial charge < -0.3 is 0 Å². The van der Waals surface area contributed by atoms with E-state index in [4.69, 9.17) is 4.79 Å². The van der Waals surface area contributed by atoms with E-state index in [2.05, 4.69) is 11.6 Å². The maximum atomic E-state index is 10.7. The first kappa shape index (κ1) is 11.1. The molecule has 0 aromatic rings. The quantitative estimate of drug-likeness (QED) is 0.421. The van der Waals surface area contributed by atoms with Crippen LogP contribution in [0.15, 0.2) is 0 Å². The molecule has 0 aliphatic carbocycles. The fourth-order valence-electron chi connectivity index (χ4n) is 0. The minimum absolute atomic E-state index is 0. The number of rotatable bonds is 0. The predicted molar refractivity (Wildman–Crippen MR) is 16.9 cm³/mol. The molecule has 0 saturated heterocycles. The Morgan fingerprint density at radius 3 is 1.50 bits per heavy atom. The average Bonchev–Trinajstić information content (AvgIpc) is 1.31. The molecule has 0 aromatic carbocycles. The number of hydrogen-bond acceptors (Lipinski definition) is 1. The summed E-state index contributed by atoms with van der Waals surface area (Å²) in [6.07, 6.45) is -4.87. The average molecular weight is 196 g/mol. The van der Waals surface area contributed by atoms with Crippen molar-refractivity contribution in [1.29, 1.82) is 0 Å². The molecule has 0 saturated carbocycles. The Bertz CT molecular complexity index is 89.8. The second-order valence-electron chi connectivity index (χ2n) is 0.771. The van der Waals surface area contributed by atoms with Crippen LogP contribution in [-0.2, 0) is 21.9 Å². The van der Waals surface area contributed by atoms with Crippen LogP contribution in [-0.4, -0.2) is 11.4 Å². The van der Waals surface area contributed by atoms with E-state index in [0.717, 1.165) is 0 Å². The van der Waals surface area contributed by atoms with Crippen LogP contribution in [0.4, 0.5) is 13.2 Å². The molecule has 0 fully saturated rings. The molecule has 0 unspecified atom stereocenters. The van der Waals surface area contributed by atoms with Crippen molar-refractivity contribution in [1.82, 2.24) is 0 Å². The summed E-state index contributed by atoms with van der Waals surface area (Å²) >= 11 is 3.99. The van der Waals surface area contributed by atoms with Crippen LogP contribution in [0.1, 0.15) is 0 Å². The summed E-state index contributed by atoms with van der Waals surface area (Å²) in [5.41, 5.74) is 0. The van der Waals surface area contributed by atoms with Gasteiger partial charge in [0.1, 0.15) is 0 Å². The van der Waals surface area contributed by atoms with Gasteiger partial charge in [-0.15, -0.1) is 0 Å². The molecular formula is C2ClCuF3O+2. The maximum Gasteiger partial charge on any atom is 2.00 e. The molecule has 0 aliphatic rings. The van der Waals surface area contributed by atoms with E-state index < -0.39 is 11.4 Å². The first-order valence-corrected chi connectivity index (χ1v) is 1.59. The molecular weight excluding hydrogens is 196 g/mol. The molecule has 0 amide bonds. The van der Waals surface area contributed by atoms with Crippen molar-refractivity contribution in [3.8, 4) is 0 Å². The van der Waals surface area contributed by atoms with E-state index in [1.165, 1.54) is 0 Å². The summed E-state index contributed by atoms with van der Waals surface area (Å²) in [6, 6.07) is 0. The molecule has 1 nitrogen and oxygen atoms in total. The van der Waals surface area contributed by atoms with Gasteiger partial charge in [-0.2, -0.15) is 13.2 Å². The summed E-state index contributed by atoms with van der Waals surface area (Å²) in [5, 5.41) is -2.28. The Labute approximate surface area is 58.7 Å². The van der Waals surface area contributed by atoms with Gasteiger partial charge in [0.25, 0.3) is 0 Å². The summed E-state index contributed by atoms with van der Waals surface area (Å²) in [6.45, 7) is 0. The molecule has 0 N–H and O–H groups in total. The number of carbonyl (C=O) groups excluding carboxylic acids is 1. The largest absolute Gasteiger partial charge is 2.00 e. The second kappa shape index (κ2) is 3.33. The van der Waals surface area contributed by atoms with Gasteiger partial charge >= 0.3 is 28.5 Å². The van der Waals surface area contributed by atoms with Gasteiger partial charge in [-0.25, -0.2) is 0 Å². The van der Waals surface area contributed by atoms with Crippen molar-refractivity contribution < 1.29 is 35.0 Å². The Hall–Kier alpha value is 0.269. The van der Waals surface area contributed by atoms with Crippen molar-refractivity contribution in [2.75, 3.05) is 0 Å². The van der Waals surface area contributed by atoms with Crippen LogP contribution >= 0.6 is 11.6 Å². The van der Waals surface area contributed by atoms with Gasteiger partial charge in [0.15, 0.2) is 0 Å². The Morgan fingerprint density at radius 2 is 1.50 bits per heavy atom. The number of halogens is 4. The monoisotopic (exact) mass is 195 g/mol. The zero-order valence-corrected chi connectivity index (χ0v) is 4.92. The molecule has 8 heavy (non-hydrogen) atoms. The van der Waals surface area contributed by atoms with E-state index >= 15 is 0 Å². The number of hydrogen-bond donors (Lipinski definition) is 0. The van der Waals surface area contributed by atoms with Crippen LogP contribution in [0, 0.1) is 0 Å². The zero-order chi connectivity index (χ0) is 6.08. The van der Waals surface area contributed by atoms with Crippen molar-refractivity contribution >= 4 is 16.8 Å². The summed E-state index contributed by atoms with van der Waals surface area (Å²) in [5.74, 6) is 0. The van der Waals surface area contributed by atoms with Crippen molar-refractivity contribution in [2.45, 2.75) is 6.18 Å². The van der Waals surface area contributed by atoms with E-state index in [-0.39, 0.29) is 17.1 Å². The van der Waals surface area contributed by atoms with Crippen molar-refractivity contribution in [3.63, 3.8) is 0 Å². The smallest absolute Gasteiger partial charge is 0.271 e. The topological polar surface area (TPSA) is 17.1 Å². The van der Waals surface area contributed by atoms with Crippen molar-refractivity contribution in [3.05, 3.63) is 0 Å². The fraction of sp³-hybridized carbons (Fsp3) is 0.500. The van der Waals surface area contributed by atoms with Gasteiger partial charge in [0.05, 0.1) is 0 Å². The van der Waals surface area contributed by atoms with Crippen molar-refractivity contribution in [2.24, 2.45) is 0 Å². The Morgan fingerprint density at radius 1 is 1.38 bits per heavy atom. The normalized spacial score (nSPS) is 10.0. The van der Waals surface area contributed by atoms with E-state index in [1.807, 2.05) is 0 Å². The summed E-state index contributed by atoms with van der Waals surface area (Å²) < 4.78 is 32.1. The SMILES string of the molecule is O=C(Cl)C(F)(F)F.[Cu+2]. The summed E-state index contributed by atoms with van der Waals surface area (Å²) in [4.78, 5) is 9.11. The van der Waals surface area contributed by atoms with Crippen LogP contribution < -0.4 is 0 Å². The third-order valence-corrected chi connectivity index (χ3v) is 0.437. The predicted octanol–water partition coefficient (Wildman–Crippen LogP) is 1.31. The van der Waals surface area contributed by atoms with Crippen LogP contribution in [0.5, 0.6) is 0 Å². The third-order valence-electron chi connectivity index (χ3n) is 0.223. The molecule has 0 bridgehead atoms. The van der Waals surface area contributed by atoms with Crippen LogP contribution in [0.25, 0.3) is 0 Å². The molecule has 0 aliphatic heterocycles. The second-order valence-corrected chi connectivity index (χ2v) is 1.11. The first-order chi connectivity index (χ1) is 2.94. The fourth-order valence-corrected chi connectivity index (χ4v) is 0. The third kappa shape index (κ3) is 4.43. The van der Waals surface area contributed by atoms with Gasteiger partial charge in [-0.3, -0.25) is 4.79 Å². The standard InChI is InChI=1S/C2ClF3O.Cu/c3-1(7)2(4,5)6;/q;+2. The molecule has 0 rings (SSSR count). The van der Waals surface area contributed by atoms with E-state index in [0.29, 0.717) is 0 Å². The minimum Gasteiger partial charge on any atom is -0.271 e. The number of alkyl halides is 3. The van der Waals surface area contributed by atoms with E-state index in [1.54, 1.807) is 0 Å². The van der Waals surface area contributed by atoms with E-state index in [9.17, 15) is 13.2 Å². The molecule has 51 valence electrons. The Balaban J connectivity index is 0. The molecule has 0 heterocycles. The summed E-state index contributed by atoms with van der Waals surface area (Å²) in [7, 11) is 0. The van der Waals surface area contributed by atoms with Gasteiger partial charge in [-0.05, 0) is 11.6 Å². The maximum absolute atomic E-state index is 10.7. The Kier molecular flexibility index (Phi) is 4.62. The van der Waals surface area contributed by atoms with Gasteiger partial charge in [-0.1, -0.05) is 0 Å². The number of carbonyl (C=O) groups is 1. The molecule has 0 spiro atoms. The molecule has 0 aromatic heterocycles. The molecule has 6 heteroatoms. The first-order valence-electron chi connectivity index (χ1n) is 1.21. The van der Waals surface area contributed by atoms with Gasteiger partial charge in [0, 0.05) is 0 Å². The van der Waals surface area contributed by atoms with Gasteiger partial charge in [0.2, 0.25) is 0 Å². The minimum atomic E-state index is -4.87. The van der Waals surface area contributed by atoms with Crippen LogP contribution in [0.2, 0.25) is 0 Å². The van der Waals surface area contributed by atoms with Crippen LogP contribution in [0.3, 0.4) is 0 Å². The zero-order valence-electron chi connectivity index (χ0n) is 3.22.